The zero-order chi connectivity index (χ0) is 22.7. The molecule has 0 radical (unpaired) electrons. The van der Waals surface area contributed by atoms with Crippen molar-refractivity contribution in [2.75, 3.05) is 13.1 Å². The minimum Gasteiger partial charge on any atom is -0.457 e. The highest BCUT2D eigenvalue weighted by molar-refractivity contribution is 5.94. The zero-order valence-electron chi connectivity index (χ0n) is 17.6. The van der Waals surface area contributed by atoms with E-state index in [1.54, 1.807) is 18.2 Å². The predicted molar refractivity (Wildman–Crippen MR) is 114 cm³/mol. The lowest BCUT2D eigenvalue weighted by molar-refractivity contribution is -0.137. The Morgan fingerprint density at radius 3 is 2.34 bits per heavy atom. The fraction of sp³-hybridized carbons (Fsp3) is 0.458. The number of hydrogen-bond donors (Lipinski definition) is 2. The summed E-state index contributed by atoms with van der Waals surface area (Å²) in [6.45, 7) is 1.68. The number of nitrogens with one attached hydrogen (secondary N) is 1. The van der Waals surface area contributed by atoms with E-state index in [-0.39, 0.29) is 29.8 Å². The van der Waals surface area contributed by atoms with E-state index >= 15 is 0 Å². The Hall–Kier alpha value is -2.58. The van der Waals surface area contributed by atoms with E-state index < -0.39 is 11.7 Å². The number of piperidine rings is 1. The number of aliphatic hydroxyl groups is 1. The third-order valence-corrected chi connectivity index (χ3v) is 6.27. The van der Waals surface area contributed by atoms with Crippen LogP contribution in [0.15, 0.2) is 48.5 Å². The van der Waals surface area contributed by atoms with Crippen LogP contribution in [0.5, 0.6) is 11.5 Å². The second kappa shape index (κ2) is 9.50. The van der Waals surface area contributed by atoms with Crippen LogP contribution in [0.3, 0.4) is 0 Å². The van der Waals surface area contributed by atoms with Crippen molar-refractivity contribution in [2.24, 2.45) is 0 Å². The van der Waals surface area contributed by atoms with Gasteiger partial charge in [0, 0.05) is 30.7 Å². The van der Waals surface area contributed by atoms with Gasteiger partial charge in [-0.1, -0.05) is 12.1 Å². The van der Waals surface area contributed by atoms with Gasteiger partial charge >= 0.3 is 6.18 Å². The first-order valence-corrected chi connectivity index (χ1v) is 11.0. The van der Waals surface area contributed by atoms with E-state index in [1.165, 1.54) is 18.2 Å². The van der Waals surface area contributed by atoms with Crippen molar-refractivity contribution < 1.29 is 27.8 Å². The maximum absolute atomic E-state index is 12.9. The van der Waals surface area contributed by atoms with Crippen LogP contribution in [-0.4, -0.2) is 47.2 Å². The van der Waals surface area contributed by atoms with Gasteiger partial charge in [-0.2, -0.15) is 13.2 Å². The molecule has 2 aromatic rings. The maximum atomic E-state index is 12.9. The van der Waals surface area contributed by atoms with Crippen molar-refractivity contribution in [3.8, 4) is 11.5 Å². The summed E-state index contributed by atoms with van der Waals surface area (Å²) >= 11 is 0. The molecule has 2 aromatic carbocycles. The van der Waals surface area contributed by atoms with Crippen molar-refractivity contribution in [1.82, 2.24) is 10.2 Å². The fourth-order valence-electron chi connectivity index (χ4n) is 4.56. The predicted octanol–water partition coefficient (Wildman–Crippen LogP) is 4.61. The molecule has 2 fully saturated rings. The molecule has 1 aliphatic carbocycles. The molecule has 2 N–H and O–H groups in total. The van der Waals surface area contributed by atoms with Gasteiger partial charge in [0.05, 0.1) is 11.7 Å². The summed E-state index contributed by atoms with van der Waals surface area (Å²) in [6, 6.07) is 11.3. The lowest BCUT2D eigenvalue weighted by Crippen LogP contribution is -2.49. The summed E-state index contributed by atoms with van der Waals surface area (Å²) in [5.41, 5.74) is -0.400. The van der Waals surface area contributed by atoms with Gasteiger partial charge in [0.15, 0.2) is 0 Å². The first-order valence-electron chi connectivity index (χ1n) is 11.0. The van der Waals surface area contributed by atoms with E-state index in [4.69, 9.17) is 4.74 Å². The second-order valence-corrected chi connectivity index (χ2v) is 8.50. The molecule has 8 heteroatoms. The Morgan fingerprint density at radius 1 is 1.00 bits per heavy atom. The van der Waals surface area contributed by atoms with Crippen LogP contribution in [0, 0.1) is 0 Å². The maximum Gasteiger partial charge on any atom is 0.416 e. The van der Waals surface area contributed by atoms with E-state index in [0.29, 0.717) is 11.3 Å². The number of alkyl halides is 3. The second-order valence-electron chi connectivity index (χ2n) is 8.50. The Balaban J connectivity index is 1.34. The van der Waals surface area contributed by atoms with Crippen LogP contribution in [0.2, 0.25) is 0 Å². The number of benzene rings is 2. The molecule has 0 bridgehead atoms. The fourth-order valence-corrected chi connectivity index (χ4v) is 4.56. The van der Waals surface area contributed by atoms with Gasteiger partial charge in [-0.15, -0.1) is 0 Å². The van der Waals surface area contributed by atoms with Gasteiger partial charge in [0.25, 0.3) is 5.91 Å². The van der Waals surface area contributed by atoms with Gasteiger partial charge in [-0.3, -0.25) is 9.69 Å². The van der Waals surface area contributed by atoms with Gasteiger partial charge in [0.1, 0.15) is 11.5 Å². The number of nitrogens with zero attached hydrogens (tertiary/aromatic N) is 1. The van der Waals surface area contributed by atoms with Crippen molar-refractivity contribution in [2.45, 2.75) is 56.5 Å². The number of amides is 1. The largest absolute Gasteiger partial charge is 0.457 e. The lowest BCUT2D eigenvalue weighted by atomic mass is 10.0. The molecular formula is C24H27F3N2O3. The number of carbonyl (C=O) groups is 1. The third-order valence-electron chi connectivity index (χ3n) is 6.27. The molecule has 172 valence electrons. The van der Waals surface area contributed by atoms with Crippen LogP contribution in [0.4, 0.5) is 13.2 Å². The first kappa shape index (κ1) is 22.6. The van der Waals surface area contributed by atoms with Crippen molar-refractivity contribution >= 4 is 5.91 Å². The monoisotopic (exact) mass is 448 g/mol. The number of hydrogen-bond acceptors (Lipinski definition) is 4. The highest BCUT2D eigenvalue weighted by Gasteiger charge is 2.33. The van der Waals surface area contributed by atoms with Gasteiger partial charge in [-0.25, -0.2) is 0 Å². The molecule has 32 heavy (non-hydrogen) atoms. The van der Waals surface area contributed by atoms with Crippen LogP contribution >= 0.6 is 0 Å². The summed E-state index contributed by atoms with van der Waals surface area (Å²) in [6.07, 6.45) is -0.128. The molecule has 1 amide bonds. The number of likely N-dealkylation sites (tertiary alicyclic amines) is 1. The van der Waals surface area contributed by atoms with E-state index in [1.807, 2.05) is 0 Å². The average Bonchev–Trinajstić information content (AvgIpc) is 3.20. The van der Waals surface area contributed by atoms with Gasteiger partial charge < -0.3 is 15.2 Å². The summed E-state index contributed by atoms with van der Waals surface area (Å²) < 4.78 is 44.3. The molecule has 0 spiro atoms. The topological polar surface area (TPSA) is 61.8 Å². The summed E-state index contributed by atoms with van der Waals surface area (Å²) in [5, 5.41) is 13.2. The molecule has 1 saturated carbocycles. The minimum absolute atomic E-state index is 0.0466. The molecule has 1 aliphatic heterocycles. The highest BCUT2D eigenvalue weighted by atomic mass is 19.4. The summed E-state index contributed by atoms with van der Waals surface area (Å²) in [7, 11) is 0. The lowest BCUT2D eigenvalue weighted by Gasteiger charge is -2.37. The van der Waals surface area contributed by atoms with Crippen LogP contribution in [0.25, 0.3) is 0 Å². The SMILES string of the molecule is O=C(NC1CCN(C2CCCC2O)CC1)c1cccc(Oc2cccc(C(F)(F)F)c2)c1. The van der Waals surface area contributed by atoms with Crippen molar-refractivity contribution in [1.29, 1.82) is 0 Å². The number of rotatable bonds is 5. The Labute approximate surface area is 185 Å². The first-order chi connectivity index (χ1) is 15.3. The van der Waals surface area contributed by atoms with E-state index in [9.17, 15) is 23.1 Å². The molecule has 1 heterocycles. The smallest absolute Gasteiger partial charge is 0.416 e. The molecule has 0 aromatic heterocycles. The van der Waals surface area contributed by atoms with Gasteiger partial charge in [0.2, 0.25) is 0 Å². The average molecular weight is 448 g/mol. The molecule has 5 nitrogen and oxygen atoms in total. The van der Waals surface area contributed by atoms with Crippen LogP contribution in [0.1, 0.15) is 48.0 Å². The van der Waals surface area contributed by atoms with E-state index in [0.717, 1.165) is 57.3 Å². The number of ether oxygens (including phenoxy) is 1. The molecule has 2 atom stereocenters. The standard InChI is InChI=1S/C24H27F3N2O3/c25-24(26,27)17-5-2-7-20(15-17)32-19-6-1-4-16(14-19)23(31)28-18-10-12-29(13-11-18)21-8-3-9-22(21)30/h1-2,4-7,14-15,18,21-22,30H,3,8-13H2,(H,28,31). The third kappa shape index (κ3) is 5.42. The van der Waals surface area contributed by atoms with E-state index in [2.05, 4.69) is 10.2 Å². The zero-order valence-corrected chi connectivity index (χ0v) is 17.6. The van der Waals surface area contributed by atoms with Crippen LogP contribution in [-0.2, 0) is 6.18 Å². The van der Waals surface area contributed by atoms with Crippen molar-refractivity contribution in [3.05, 3.63) is 59.7 Å². The number of halogens is 3. The quantitative estimate of drug-likeness (QED) is 0.702. The Kier molecular flexibility index (Phi) is 6.71. The summed E-state index contributed by atoms with van der Waals surface area (Å²) in [4.78, 5) is 15.0. The highest BCUT2D eigenvalue weighted by Crippen LogP contribution is 2.33. The Bertz CT molecular complexity index is 942. The molecule has 2 aliphatic rings. The Morgan fingerprint density at radius 2 is 1.69 bits per heavy atom. The summed E-state index contributed by atoms with van der Waals surface area (Å²) in [5.74, 6) is 0.111. The van der Waals surface area contributed by atoms with Crippen LogP contribution < -0.4 is 10.1 Å². The van der Waals surface area contributed by atoms with Gasteiger partial charge in [-0.05, 0) is 68.5 Å². The minimum atomic E-state index is -4.45. The molecule has 2 unspecified atom stereocenters. The molecule has 4 rings (SSSR count). The number of aliphatic hydroxyl groups excluding tert-OH is 1. The normalized spacial score (nSPS) is 22.6. The number of carbonyl (C=O) groups excluding carboxylic acids is 1. The molecular weight excluding hydrogens is 421 g/mol. The molecule has 1 saturated heterocycles. The van der Waals surface area contributed by atoms with Crippen molar-refractivity contribution in [3.63, 3.8) is 0 Å².